The summed E-state index contributed by atoms with van der Waals surface area (Å²) in [4.78, 5) is 2.22. The molecule has 0 aliphatic carbocycles. The first-order valence-electron chi connectivity index (χ1n) is 7.26. The minimum atomic E-state index is -3.77. The molecule has 5 nitrogen and oxygen atoms in total. The maximum Gasteiger partial charge on any atom is 0.240 e. The zero-order chi connectivity index (χ0) is 15.8. The number of anilines is 2. The zero-order valence-electron chi connectivity index (χ0n) is 13.0. The van der Waals surface area contributed by atoms with Gasteiger partial charge in [-0.25, -0.2) is 13.6 Å². The molecule has 21 heavy (non-hydrogen) atoms. The summed E-state index contributed by atoms with van der Waals surface area (Å²) in [5, 5.41) is 5.32. The third-order valence-electron chi connectivity index (χ3n) is 4.35. The van der Waals surface area contributed by atoms with Crippen LogP contribution in [0.3, 0.4) is 0 Å². The SMILES string of the molecule is CC(C)(C)C1CCN(c2ccc(N)cc2S(N)(=O)=O)CC1. The fourth-order valence-electron chi connectivity index (χ4n) is 3.01. The summed E-state index contributed by atoms with van der Waals surface area (Å²) in [6, 6.07) is 4.92. The van der Waals surface area contributed by atoms with Crippen molar-refractivity contribution in [2.75, 3.05) is 23.7 Å². The van der Waals surface area contributed by atoms with Crippen molar-refractivity contribution in [3.8, 4) is 0 Å². The van der Waals surface area contributed by atoms with Crippen LogP contribution in [0.1, 0.15) is 33.6 Å². The number of nitrogen functional groups attached to an aromatic ring is 1. The number of nitrogens with zero attached hydrogens (tertiary/aromatic N) is 1. The molecule has 1 fully saturated rings. The number of nitrogens with two attached hydrogens (primary N) is 2. The van der Waals surface area contributed by atoms with Gasteiger partial charge in [0.1, 0.15) is 4.90 Å². The first-order chi connectivity index (χ1) is 9.59. The third-order valence-corrected chi connectivity index (χ3v) is 5.29. The third kappa shape index (κ3) is 3.68. The molecule has 1 saturated heterocycles. The van der Waals surface area contributed by atoms with E-state index in [1.54, 1.807) is 12.1 Å². The van der Waals surface area contributed by atoms with Crippen molar-refractivity contribution in [3.05, 3.63) is 18.2 Å². The van der Waals surface area contributed by atoms with Crippen LogP contribution in [-0.2, 0) is 10.0 Å². The molecule has 1 aromatic rings. The Morgan fingerprint density at radius 2 is 1.76 bits per heavy atom. The molecule has 2 rings (SSSR count). The standard InChI is InChI=1S/C15H25N3O2S/c1-15(2,3)11-6-8-18(9-7-11)13-5-4-12(16)10-14(13)21(17,19)20/h4-5,10-11H,6-9,16H2,1-3H3,(H2,17,19,20). The Kier molecular flexibility index (Phi) is 4.22. The lowest BCUT2D eigenvalue weighted by Gasteiger charge is -2.40. The van der Waals surface area contributed by atoms with Crippen LogP contribution in [0.15, 0.2) is 23.1 Å². The van der Waals surface area contributed by atoms with Crippen molar-refractivity contribution in [1.82, 2.24) is 0 Å². The van der Waals surface area contributed by atoms with E-state index in [9.17, 15) is 8.42 Å². The van der Waals surface area contributed by atoms with Gasteiger partial charge in [-0.3, -0.25) is 0 Å². The van der Waals surface area contributed by atoms with E-state index in [1.807, 2.05) is 0 Å². The number of primary sulfonamides is 1. The van der Waals surface area contributed by atoms with Gasteiger partial charge in [0.05, 0.1) is 5.69 Å². The molecule has 0 spiro atoms. The van der Waals surface area contributed by atoms with E-state index in [2.05, 4.69) is 25.7 Å². The van der Waals surface area contributed by atoms with Crippen LogP contribution >= 0.6 is 0 Å². The second-order valence-corrected chi connectivity index (χ2v) is 8.43. The van der Waals surface area contributed by atoms with Crippen molar-refractivity contribution in [2.24, 2.45) is 16.5 Å². The molecule has 0 atom stereocenters. The van der Waals surface area contributed by atoms with Crippen LogP contribution in [0.4, 0.5) is 11.4 Å². The summed E-state index contributed by atoms with van der Waals surface area (Å²) in [6.07, 6.45) is 2.11. The Morgan fingerprint density at radius 1 is 1.19 bits per heavy atom. The number of hydrogen-bond donors (Lipinski definition) is 2. The van der Waals surface area contributed by atoms with E-state index in [1.165, 1.54) is 6.07 Å². The molecule has 0 aromatic heterocycles. The lowest BCUT2D eigenvalue weighted by Crippen LogP contribution is -2.38. The molecular formula is C15H25N3O2S. The molecule has 1 aromatic carbocycles. The fourth-order valence-corrected chi connectivity index (χ4v) is 3.80. The van der Waals surface area contributed by atoms with Gasteiger partial charge in [0.15, 0.2) is 0 Å². The Bertz CT molecular complexity index is 612. The molecule has 4 N–H and O–H groups in total. The highest BCUT2D eigenvalue weighted by Crippen LogP contribution is 2.37. The second kappa shape index (κ2) is 5.50. The van der Waals surface area contributed by atoms with Crippen molar-refractivity contribution in [2.45, 2.75) is 38.5 Å². The van der Waals surface area contributed by atoms with E-state index in [0.29, 0.717) is 17.3 Å². The summed E-state index contributed by atoms with van der Waals surface area (Å²) in [5.74, 6) is 0.653. The van der Waals surface area contributed by atoms with Crippen LogP contribution in [0.5, 0.6) is 0 Å². The van der Waals surface area contributed by atoms with Crippen molar-refractivity contribution >= 4 is 21.4 Å². The lowest BCUT2D eigenvalue weighted by atomic mass is 9.75. The molecule has 0 amide bonds. The summed E-state index contributed by atoms with van der Waals surface area (Å²) in [6.45, 7) is 8.45. The summed E-state index contributed by atoms with van der Waals surface area (Å²) < 4.78 is 23.5. The monoisotopic (exact) mass is 311 g/mol. The predicted molar refractivity (Wildman–Crippen MR) is 86.6 cm³/mol. The molecule has 118 valence electrons. The van der Waals surface area contributed by atoms with Crippen LogP contribution in [-0.4, -0.2) is 21.5 Å². The number of sulfonamides is 1. The van der Waals surface area contributed by atoms with Gasteiger partial charge >= 0.3 is 0 Å². The lowest BCUT2D eigenvalue weighted by molar-refractivity contribution is 0.199. The van der Waals surface area contributed by atoms with Gasteiger partial charge in [-0.2, -0.15) is 0 Å². The molecule has 0 bridgehead atoms. The maximum absolute atomic E-state index is 11.8. The largest absolute Gasteiger partial charge is 0.399 e. The van der Waals surface area contributed by atoms with Crippen molar-refractivity contribution < 1.29 is 8.42 Å². The van der Waals surface area contributed by atoms with Crippen LogP contribution < -0.4 is 15.8 Å². The molecule has 0 saturated carbocycles. The number of benzene rings is 1. The average Bonchev–Trinajstić information content (AvgIpc) is 2.37. The Balaban J connectivity index is 2.25. The summed E-state index contributed by atoms with van der Waals surface area (Å²) in [7, 11) is -3.77. The summed E-state index contributed by atoms with van der Waals surface area (Å²) >= 11 is 0. The minimum absolute atomic E-state index is 0.122. The zero-order valence-corrected chi connectivity index (χ0v) is 13.8. The quantitative estimate of drug-likeness (QED) is 0.819. The average molecular weight is 311 g/mol. The maximum atomic E-state index is 11.8. The molecule has 0 radical (unpaired) electrons. The summed E-state index contributed by atoms with van der Waals surface area (Å²) in [5.41, 5.74) is 7.06. The van der Waals surface area contributed by atoms with Gasteiger partial charge < -0.3 is 10.6 Å². The first-order valence-corrected chi connectivity index (χ1v) is 8.81. The Morgan fingerprint density at radius 3 is 2.24 bits per heavy atom. The van der Waals surface area contributed by atoms with E-state index in [4.69, 9.17) is 10.9 Å². The molecule has 1 aliphatic rings. The van der Waals surface area contributed by atoms with Crippen LogP contribution in [0.2, 0.25) is 0 Å². The molecule has 0 unspecified atom stereocenters. The van der Waals surface area contributed by atoms with E-state index in [-0.39, 0.29) is 10.3 Å². The number of piperidine rings is 1. The minimum Gasteiger partial charge on any atom is -0.399 e. The van der Waals surface area contributed by atoms with Gasteiger partial charge in [0.2, 0.25) is 10.0 Å². The normalized spacial score (nSPS) is 18.0. The smallest absolute Gasteiger partial charge is 0.240 e. The topological polar surface area (TPSA) is 89.4 Å². The number of rotatable bonds is 2. The highest BCUT2D eigenvalue weighted by molar-refractivity contribution is 7.89. The molecule has 1 heterocycles. The van der Waals surface area contributed by atoms with Gasteiger partial charge in [0.25, 0.3) is 0 Å². The second-order valence-electron chi connectivity index (χ2n) is 6.90. The van der Waals surface area contributed by atoms with Crippen molar-refractivity contribution in [1.29, 1.82) is 0 Å². The van der Waals surface area contributed by atoms with Gasteiger partial charge in [-0.05, 0) is 42.4 Å². The van der Waals surface area contributed by atoms with Gasteiger partial charge in [-0.15, -0.1) is 0 Å². The fraction of sp³-hybridized carbons (Fsp3) is 0.600. The number of hydrogen-bond acceptors (Lipinski definition) is 4. The van der Waals surface area contributed by atoms with Gasteiger partial charge in [0, 0.05) is 18.8 Å². The Labute approximate surface area is 127 Å². The molecule has 6 heteroatoms. The highest BCUT2D eigenvalue weighted by Gasteiger charge is 2.30. The molecule has 1 aliphatic heterocycles. The predicted octanol–water partition coefficient (Wildman–Crippen LogP) is 2.18. The van der Waals surface area contributed by atoms with Crippen LogP contribution in [0.25, 0.3) is 0 Å². The highest BCUT2D eigenvalue weighted by atomic mass is 32.2. The first kappa shape index (κ1) is 16.1. The van der Waals surface area contributed by atoms with Gasteiger partial charge in [-0.1, -0.05) is 20.8 Å². The molecular weight excluding hydrogens is 286 g/mol. The van der Waals surface area contributed by atoms with Crippen LogP contribution in [0, 0.1) is 11.3 Å². The van der Waals surface area contributed by atoms with E-state index < -0.39 is 10.0 Å². The van der Waals surface area contributed by atoms with E-state index >= 15 is 0 Å². The van der Waals surface area contributed by atoms with E-state index in [0.717, 1.165) is 25.9 Å². The van der Waals surface area contributed by atoms with Crippen molar-refractivity contribution in [3.63, 3.8) is 0 Å². The Hall–Kier alpha value is -1.27.